The Balaban J connectivity index is 1.60. The largest absolute Gasteiger partial charge is 0.343 e. The highest BCUT2D eigenvalue weighted by Crippen LogP contribution is 2.27. The first kappa shape index (κ1) is 59.5. The zero-order valence-electron chi connectivity index (χ0n) is 45.9. The number of hydrogen-bond donors (Lipinski definition) is 7. The van der Waals surface area contributed by atoms with Gasteiger partial charge in [0.05, 0.1) is 0 Å². The molecule has 0 bridgehead atoms. The normalized spacial score (nSPS) is 27.3. The Hall–Kier alpha value is -6.33. The number of carbonyl (C=O) groups is 9. The van der Waals surface area contributed by atoms with Crippen molar-refractivity contribution in [2.75, 3.05) is 13.1 Å². The summed E-state index contributed by atoms with van der Waals surface area (Å²) in [7, 11) is 0. The number of benzene rings is 2. The molecule has 0 saturated carbocycles. The molecule has 5 rings (SSSR count). The summed E-state index contributed by atoms with van der Waals surface area (Å²) >= 11 is 0. The maximum absolute atomic E-state index is 14.7. The molecule has 2 aromatic rings. The second-order valence-corrected chi connectivity index (χ2v) is 22.2. The molecule has 412 valence electrons. The lowest BCUT2D eigenvalue weighted by Gasteiger charge is -2.35. The van der Waals surface area contributed by atoms with E-state index < -0.39 is 125 Å². The van der Waals surface area contributed by atoms with E-state index in [2.05, 4.69) is 37.2 Å². The fourth-order valence-corrected chi connectivity index (χ4v) is 10.2. The number of hydrogen-bond acceptors (Lipinski definition) is 9. The first-order chi connectivity index (χ1) is 35.6. The molecule has 9 amide bonds. The lowest BCUT2D eigenvalue weighted by atomic mass is 9.93. The van der Waals surface area contributed by atoms with E-state index in [1.54, 1.807) is 39.8 Å². The van der Waals surface area contributed by atoms with Crippen molar-refractivity contribution in [2.45, 2.75) is 188 Å². The van der Waals surface area contributed by atoms with Gasteiger partial charge in [-0.2, -0.15) is 0 Å². The number of nitrogens with one attached hydrogen (secondary N) is 7. The number of amides is 9. The first-order valence-electron chi connectivity index (χ1n) is 27.4. The Morgan fingerprint density at radius 2 is 0.787 bits per heavy atom. The molecule has 11 atom stereocenters. The maximum Gasteiger partial charge on any atom is 0.246 e. The first-order valence-corrected chi connectivity index (χ1v) is 27.4. The van der Waals surface area contributed by atoms with Crippen molar-refractivity contribution in [3.05, 3.63) is 71.8 Å². The Bertz CT molecular complexity index is 2300. The topological polar surface area (TPSA) is 244 Å². The average Bonchev–Trinajstić information content (AvgIpc) is 4.08. The molecular formula is C57H85N9O9. The van der Waals surface area contributed by atoms with Gasteiger partial charge in [-0.3, -0.25) is 43.2 Å². The van der Waals surface area contributed by atoms with Gasteiger partial charge in [0.25, 0.3) is 0 Å². The molecule has 3 heterocycles. The lowest BCUT2D eigenvalue weighted by Crippen LogP contribution is -2.62. The second-order valence-electron chi connectivity index (χ2n) is 22.2. The third-order valence-electron chi connectivity index (χ3n) is 15.0. The fraction of sp³-hybridized carbons (Fsp3) is 0.632. The summed E-state index contributed by atoms with van der Waals surface area (Å²) in [5.74, 6) is -6.75. The fourth-order valence-electron chi connectivity index (χ4n) is 10.2. The summed E-state index contributed by atoms with van der Waals surface area (Å²) in [6, 6.07) is 8.18. The molecule has 3 aliphatic rings. The summed E-state index contributed by atoms with van der Waals surface area (Å²) in [5.41, 5.74) is 1.44. The van der Waals surface area contributed by atoms with Crippen molar-refractivity contribution in [2.24, 2.45) is 29.6 Å². The molecule has 0 radical (unpaired) electrons. The second kappa shape index (κ2) is 28.0. The van der Waals surface area contributed by atoms with E-state index in [0.29, 0.717) is 44.1 Å². The highest BCUT2D eigenvalue weighted by Gasteiger charge is 2.45. The minimum Gasteiger partial charge on any atom is -0.343 e. The van der Waals surface area contributed by atoms with E-state index in [1.165, 1.54) is 9.80 Å². The van der Waals surface area contributed by atoms with Crippen molar-refractivity contribution in [3.8, 4) is 0 Å². The average molecular weight is 1040 g/mol. The van der Waals surface area contributed by atoms with Gasteiger partial charge in [-0.15, -0.1) is 0 Å². The van der Waals surface area contributed by atoms with Crippen LogP contribution in [0.25, 0.3) is 0 Å². The van der Waals surface area contributed by atoms with Crippen LogP contribution in [0.3, 0.4) is 0 Å². The molecule has 7 N–H and O–H groups in total. The highest BCUT2D eigenvalue weighted by molar-refractivity contribution is 5.99. The van der Waals surface area contributed by atoms with E-state index in [4.69, 9.17) is 0 Å². The Kier molecular flexibility index (Phi) is 22.2. The van der Waals surface area contributed by atoms with Crippen LogP contribution >= 0.6 is 0 Å². The van der Waals surface area contributed by atoms with Crippen LogP contribution in [0.4, 0.5) is 0 Å². The molecule has 18 nitrogen and oxygen atoms in total. The number of fused-ring (bicyclic) bond motifs is 2. The quantitative estimate of drug-likeness (QED) is 0.155. The van der Waals surface area contributed by atoms with Gasteiger partial charge in [0, 0.05) is 25.9 Å². The summed E-state index contributed by atoms with van der Waals surface area (Å²) < 4.78 is 0. The molecule has 0 spiro atoms. The predicted molar refractivity (Wildman–Crippen MR) is 286 cm³/mol. The van der Waals surface area contributed by atoms with Crippen LogP contribution in [0.15, 0.2) is 60.7 Å². The SMILES string of the molecule is CC[C@H](C)[C@@H]1NC(=O)[C@H](CC(C)C)NC(=O)[C@H](Cc2ccccc2)NC(=O)[C@@H](Cc2ccccc2)NC(=O)[C@@H]2CCCN2C(=O)[C@@H]2CCCN2C(=O)[C@H](C(C)C)NC(=O)[C@H](CC(C)C)NC(=O)[C@H]([C@@H](C)CC)NC1=O. The molecular weight excluding hydrogens is 955 g/mol. The van der Waals surface area contributed by atoms with E-state index in [0.717, 1.165) is 5.56 Å². The summed E-state index contributed by atoms with van der Waals surface area (Å²) in [4.78, 5) is 134. The smallest absolute Gasteiger partial charge is 0.246 e. The number of carbonyl (C=O) groups excluding carboxylic acids is 9. The van der Waals surface area contributed by atoms with Crippen LogP contribution in [0.5, 0.6) is 0 Å². The van der Waals surface area contributed by atoms with E-state index >= 15 is 0 Å². The predicted octanol–water partition coefficient (Wildman–Crippen LogP) is 3.70. The number of rotatable bonds is 13. The van der Waals surface area contributed by atoms with Crippen molar-refractivity contribution < 1.29 is 43.2 Å². The zero-order chi connectivity index (χ0) is 55.1. The van der Waals surface area contributed by atoms with Crippen LogP contribution < -0.4 is 37.2 Å². The molecule has 0 aliphatic carbocycles. The standard InChI is InChI=1S/C57H85N9O9/c1-11-36(9)47-54(72)61-41(30-34(5)6)51(69)62-46(35(7)8)57(75)66-28-20-26-45(66)56(74)65-27-19-25-44(65)53(71)60-43(32-39-23-17-14-18-24-39)50(68)59-42(31-38-21-15-13-16-22-38)49(67)58-40(29-33(3)4)52(70)63-48(37(10)12-2)55(73)64-47/h13-18,21-24,33-37,40-48H,11-12,19-20,25-32H2,1-10H3,(H,58,67)(H,59,68)(H,60,71)(H,61,72)(H,62,69)(H,63,70)(H,64,73)/t36-,37-,40-,41-,42-,43+,44-,45-,46-,47-,48-/m0/s1. The van der Waals surface area contributed by atoms with Gasteiger partial charge in [0.1, 0.15) is 54.4 Å². The highest BCUT2D eigenvalue weighted by atomic mass is 16.2. The summed E-state index contributed by atoms with van der Waals surface area (Å²) in [6.07, 6.45) is 3.02. The van der Waals surface area contributed by atoms with Gasteiger partial charge in [-0.1, -0.05) is 143 Å². The minimum atomic E-state index is -1.24. The van der Waals surface area contributed by atoms with Crippen molar-refractivity contribution in [1.82, 2.24) is 47.0 Å². The van der Waals surface area contributed by atoms with Crippen molar-refractivity contribution in [1.29, 1.82) is 0 Å². The Morgan fingerprint density at radius 1 is 0.427 bits per heavy atom. The van der Waals surface area contributed by atoms with Crippen LogP contribution in [0.1, 0.15) is 132 Å². The molecule has 3 saturated heterocycles. The Morgan fingerprint density at radius 3 is 1.23 bits per heavy atom. The lowest BCUT2D eigenvalue weighted by molar-refractivity contribution is -0.148. The summed E-state index contributed by atoms with van der Waals surface area (Å²) in [6.45, 7) is 19.0. The van der Waals surface area contributed by atoms with Crippen LogP contribution in [0.2, 0.25) is 0 Å². The van der Waals surface area contributed by atoms with Crippen LogP contribution in [0, 0.1) is 29.6 Å². The molecule has 3 aliphatic heterocycles. The zero-order valence-corrected chi connectivity index (χ0v) is 45.9. The van der Waals surface area contributed by atoms with E-state index in [-0.39, 0.29) is 50.6 Å². The Labute approximate surface area is 444 Å². The number of nitrogens with zero attached hydrogens (tertiary/aromatic N) is 2. The molecule has 75 heavy (non-hydrogen) atoms. The third kappa shape index (κ3) is 16.3. The molecule has 2 aromatic carbocycles. The van der Waals surface area contributed by atoms with Crippen LogP contribution in [-0.4, -0.2) is 130 Å². The molecule has 0 unspecified atom stereocenters. The monoisotopic (exact) mass is 1040 g/mol. The summed E-state index contributed by atoms with van der Waals surface area (Å²) in [5, 5.41) is 20.4. The van der Waals surface area contributed by atoms with Crippen LogP contribution in [-0.2, 0) is 56.0 Å². The van der Waals surface area contributed by atoms with Crippen molar-refractivity contribution >= 4 is 53.2 Å². The van der Waals surface area contributed by atoms with Gasteiger partial charge in [-0.05, 0) is 79.2 Å². The van der Waals surface area contributed by atoms with Gasteiger partial charge in [0.15, 0.2) is 0 Å². The van der Waals surface area contributed by atoms with Gasteiger partial charge in [0.2, 0.25) is 53.2 Å². The molecule has 3 fully saturated rings. The minimum absolute atomic E-state index is 0.0235. The van der Waals surface area contributed by atoms with E-state index in [9.17, 15) is 43.2 Å². The maximum atomic E-state index is 14.7. The molecule has 0 aromatic heterocycles. The van der Waals surface area contributed by atoms with Gasteiger partial charge >= 0.3 is 0 Å². The van der Waals surface area contributed by atoms with E-state index in [1.807, 2.05) is 90.1 Å². The third-order valence-corrected chi connectivity index (χ3v) is 15.0. The van der Waals surface area contributed by atoms with Gasteiger partial charge in [-0.25, -0.2) is 0 Å². The van der Waals surface area contributed by atoms with Gasteiger partial charge < -0.3 is 47.0 Å². The van der Waals surface area contributed by atoms with Crippen molar-refractivity contribution in [3.63, 3.8) is 0 Å². The molecule has 18 heteroatoms.